The lowest BCUT2D eigenvalue weighted by Gasteiger charge is -2.38. The van der Waals surface area contributed by atoms with E-state index < -0.39 is 71.8 Å². The highest BCUT2D eigenvalue weighted by Crippen LogP contribution is 2.28. The fourth-order valence-electron chi connectivity index (χ4n) is 6.81. The zero-order valence-electron chi connectivity index (χ0n) is 24.5. The Morgan fingerprint density at radius 1 is 0.822 bits per heavy atom. The molecule has 2 aromatic carbocycles. The Morgan fingerprint density at radius 2 is 1.49 bits per heavy atom. The minimum atomic E-state index is -1.34. The number of hydrogen-bond donors (Lipinski definition) is 3. The summed E-state index contributed by atoms with van der Waals surface area (Å²) in [5.74, 6) is -4.58. The first kappa shape index (κ1) is 31.8. The van der Waals surface area contributed by atoms with Crippen molar-refractivity contribution in [3.63, 3.8) is 0 Å². The summed E-state index contributed by atoms with van der Waals surface area (Å²) in [5, 5.41) is 24.5. The van der Waals surface area contributed by atoms with Crippen LogP contribution in [-0.4, -0.2) is 119 Å². The third-order valence-electron chi connectivity index (χ3n) is 9.01. The number of halogens is 4. The van der Waals surface area contributed by atoms with Crippen molar-refractivity contribution in [1.29, 1.82) is 0 Å². The van der Waals surface area contributed by atoms with Crippen molar-refractivity contribution in [1.82, 2.24) is 20.0 Å². The molecule has 4 heterocycles. The molecule has 10 nitrogen and oxygen atoms in total. The summed E-state index contributed by atoms with van der Waals surface area (Å²) in [6, 6.07) is 6.03. The van der Waals surface area contributed by atoms with E-state index in [4.69, 9.17) is 9.47 Å². The molecule has 6 bridgehead atoms. The molecule has 2 amide bonds. The number of carbonyl (C=O) groups excluding carboxylic acids is 2. The summed E-state index contributed by atoms with van der Waals surface area (Å²) in [7, 11) is 0. The maximum absolute atomic E-state index is 14.0. The van der Waals surface area contributed by atoms with E-state index >= 15 is 0 Å². The maximum Gasteiger partial charge on any atom is 0.240 e. The topological polar surface area (TPSA) is 115 Å². The van der Waals surface area contributed by atoms with Crippen LogP contribution in [0.5, 0.6) is 0 Å². The number of aliphatic hydroxyl groups excluding tert-OH is 2. The van der Waals surface area contributed by atoms with Crippen LogP contribution in [0.25, 0.3) is 0 Å². The van der Waals surface area contributed by atoms with Crippen LogP contribution in [-0.2, 0) is 32.2 Å². The second-order valence-electron chi connectivity index (χ2n) is 12.3. The lowest BCUT2D eigenvalue weighted by molar-refractivity contribution is -0.145. The summed E-state index contributed by atoms with van der Waals surface area (Å²) in [5.41, 5.74) is 0.931. The van der Waals surface area contributed by atoms with E-state index in [0.29, 0.717) is 17.7 Å². The van der Waals surface area contributed by atoms with E-state index in [1.165, 1.54) is 12.1 Å². The van der Waals surface area contributed by atoms with Crippen LogP contribution in [0, 0.1) is 23.3 Å². The number of morpholine rings is 1. The molecule has 0 saturated carbocycles. The number of rotatable bonds is 4. The van der Waals surface area contributed by atoms with Crippen molar-refractivity contribution < 1.29 is 46.8 Å². The van der Waals surface area contributed by atoms with Gasteiger partial charge in [0.1, 0.15) is 12.2 Å². The van der Waals surface area contributed by atoms with Gasteiger partial charge >= 0.3 is 0 Å². The van der Waals surface area contributed by atoms with Gasteiger partial charge < -0.3 is 29.9 Å². The minimum absolute atomic E-state index is 0.0798. The summed E-state index contributed by atoms with van der Waals surface area (Å²) < 4.78 is 67.2. The van der Waals surface area contributed by atoms with Gasteiger partial charge in [-0.25, -0.2) is 17.6 Å². The molecule has 2 aromatic rings. The quantitative estimate of drug-likeness (QED) is 0.425. The second-order valence-corrected chi connectivity index (χ2v) is 12.3. The second kappa shape index (κ2) is 13.3. The van der Waals surface area contributed by atoms with Crippen LogP contribution in [0.3, 0.4) is 0 Å². The molecule has 4 aliphatic heterocycles. The molecule has 45 heavy (non-hydrogen) atoms. The predicted octanol–water partition coefficient (Wildman–Crippen LogP) is 0.925. The number of fused-ring (bicyclic) bond motifs is 6. The third kappa shape index (κ3) is 7.16. The molecule has 6 rings (SSSR count). The van der Waals surface area contributed by atoms with Gasteiger partial charge in [-0.15, -0.1) is 0 Å². The zero-order valence-corrected chi connectivity index (χ0v) is 24.5. The normalized spacial score (nSPS) is 31.8. The molecule has 7 atom stereocenters. The van der Waals surface area contributed by atoms with Gasteiger partial charge in [0.15, 0.2) is 23.3 Å². The first-order valence-corrected chi connectivity index (χ1v) is 15.1. The Hall–Kier alpha value is -3.14. The molecule has 0 radical (unpaired) electrons. The van der Waals surface area contributed by atoms with Gasteiger partial charge in [-0.05, 0) is 41.8 Å². The number of benzene rings is 2. The van der Waals surface area contributed by atoms with Crippen LogP contribution in [0.1, 0.15) is 24.0 Å². The number of aliphatic hydroxyl groups is 2. The van der Waals surface area contributed by atoms with Gasteiger partial charge in [-0.2, -0.15) is 0 Å². The van der Waals surface area contributed by atoms with Gasteiger partial charge in [-0.3, -0.25) is 19.4 Å². The van der Waals surface area contributed by atoms with Crippen LogP contribution < -0.4 is 5.32 Å². The van der Waals surface area contributed by atoms with E-state index in [2.05, 4.69) is 5.32 Å². The zero-order chi connectivity index (χ0) is 31.8. The van der Waals surface area contributed by atoms with Gasteiger partial charge in [0.2, 0.25) is 11.8 Å². The minimum Gasteiger partial charge on any atom is -0.388 e. The van der Waals surface area contributed by atoms with E-state index in [9.17, 15) is 37.4 Å². The van der Waals surface area contributed by atoms with Gasteiger partial charge in [0.05, 0.1) is 37.4 Å². The Labute approximate surface area is 257 Å². The average Bonchev–Trinajstić information content (AvgIpc) is 3.51. The number of nitrogens with one attached hydrogen (secondary N) is 1. The molecule has 4 aliphatic rings. The van der Waals surface area contributed by atoms with Crippen molar-refractivity contribution in [3.8, 4) is 0 Å². The summed E-state index contributed by atoms with van der Waals surface area (Å²) in [4.78, 5) is 32.4. The van der Waals surface area contributed by atoms with E-state index in [-0.39, 0.29) is 64.6 Å². The first-order chi connectivity index (χ1) is 21.5. The molecule has 0 aromatic heterocycles. The molecule has 3 N–H and O–H groups in total. The highest BCUT2D eigenvalue weighted by Gasteiger charge is 2.46. The molecule has 14 heteroatoms. The summed E-state index contributed by atoms with van der Waals surface area (Å²) >= 11 is 0. The molecule has 0 unspecified atom stereocenters. The highest BCUT2D eigenvalue weighted by atomic mass is 19.2. The van der Waals surface area contributed by atoms with Crippen molar-refractivity contribution in [3.05, 3.63) is 70.8 Å². The van der Waals surface area contributed by atoms with Crippen molar-refractivity contribution >= 4 is 11.8 Å². The van der Waals surface area contributed by atoms with E-state index in [1.807, 2.05) is 9.80 Å². The van der Waals surface area contributed by atoms with Crippen LogP contribution in [0.2, 0.25) is 0 Å². The first-order valence-electron chi connectivity index (χ1n) is 15.1. The molecule has 0 spiro atoms. The summed E-state index contributed by atoms with van der Waals surface area (Å²) in [6.45, 7) is 1.66. The fraction of sp³-hybridized carbons (Fsp3) is 0.548. The fourth-order valence-corrected chi connectivity index (χ4v) is 6.81. The van der Waals surface area contributed by atoms with Gasteiger partial charge in [0, 0.05) is 51.9 Å². The standard InChI is InChI=1S/C31H36F4N4O6/c32-21-3-1-17(7-23(21)34)11-37-14-20-15-38(5-6-44-20)31(43)25-9-19(13-39(25)12-18-2-4-22(33)24(35)8-18)36-28(40)10-26-29(41)30(42)27(16-37)45-26/h1-4,7-8,19-20,25-27,29-30,41-42H,5-6,9-16H2,(H,36,40)/t19-,20+,25-,26-,27+,29-,30+/m0/s1. The number of carbonyl (C=O) groups is 2. The number of hydrogen-bond acceptors (Lipinski definition) is 8. The largest absolute Gasteiger partial charge is 0.388 e. The van der Waals surface area contributed by atoms with Crippen LogP contribution in [0.15, 0.2) is 36.4 Å². The molecular weight excluding hydrogens is 600 g/mol. The lowest BCUT2D eigenvalue weighted by Crippen LogP contribution is -2.54. The number of nitrogens with zero attached hydrogens (tertiary/aromatic N) is 3. The number of ether oxygens (including phenoxy) is 2. The highest BCUT2D eigenvalue weighted by molar-refractivity contribution is 5.83. The Balaban J connectivity index is 1.27. The molecular formula is C31H36F4N4O6. The number of amides is 2. The van der Waals surface area contributed by atoms with E-state index in [1.54, 1.807) is 4.90 Å². The Morgan fingerprint density at radius 3 is 2.18 bits per heavy atom. The lowest BCUT2D eigenvalue weighted by atomic mass is 10.0. The monoisotopic (exact) mass is 636 g/mol. The van der Waals surface area contributed by atoms with Gasteiger partial charge in [-0.1, -0.05) is 12.1 Å². The number of likely N-dealkylation sites (tertiary alicyclic amines) is 1. The molecule has 244 valence electrons. The Bertz CT molecular complexity index is 1420. The molecule has 0 aliphatic carbocycles. The Kier molecular flexibility index (Phi) is 9.41. The van der Waals surface area contributed by atoms with Crippen LogP contribution >= 0.6 is 0 Å². The van der Waals surface area contributed by atoms with E-state index in [0.717, 1.165) is 24.3 Å². The predicted molar refractivity (Wildman–Crippen MR) is 150 cm³/mol. The van der Waals surface area contributed by atoms with Crippen molar-refractivity contribution in [2.75, 3.05) is 39.3 Å². The molecule has 4 fully saturated rings. The SMILES string of the molecule is O=C1C[C@@H]2O[C@H](CN(Cc3ccc(F)c(F)c3)C[C@@H]3CN(CCO3)C(=O)[C@@H]3C[C@@H](CN3Cc3ccc(F)c(F)c3)N1)[C@@H](O)[C@H]2O. The van der Waals surface area contributed by atoms with Crippen molar-refractivity contribution in [2.24, 2.45) is 0 Å². The maximum atomic E-state index is 14.0. The van der Waals surface area contributed by atoms with Crippen molar-refractivity contribution in [2.45, 2.75) is 68.5 Å². The van der Waals surface area contributed by atoms with Gasteiger partial charge in [0.25, 0.3) is 0 Å². The average molecular weight is 637 g/mol. The third-order valence-corrected chi connectivity index (χ3v) is 9.01. The summed E-state index contributed by atoms with van der Waals surface area (Å²) in [6.07, 6.45) is -4.98. The van der Waals surface area contributed by atoms with Crippen LogP contribution in [0.4, 0.5) is 17.6 Å². The smallest absolute Gasteiger partial charge is 0.240 e. The molecule has 4 saturated heterocycles.